The Balaban J connectivity index is 3.45. The molecule has 0 unspecified atom stereocenters. The van der Waals surface area contributed by atoms with Crippen LogP contribution in [0.4, 0.5) is 0 Å². The van der Waals surface area contributed by atoms with Crippen molar-refractivity contribution in [3.8, 4) is 0 Å². The van der Waals surface area contributed by atoms with Crippen LogP contribution >= 0.6 is 0 Å². The molecule has 0 radical (unpaired) electrons. The Kier molecular flexibility index (Phi) is 3.36. The molecule has 0 heterocycles. The zero-order valence-electron chi connectivity index (χ0n) is 6.79. The van der Waals surface area contributed by atoms with Crippen molar-refractivity contribution < 1.29 is 9.90 Å². The van der Waals surface area contributed by atoms with Gasteiger partial charge >= 0.3 is 0 Å². The Morgan fingerprint density at radius 1 is 1.60 bits per heavy atom. The molecule has 0 saturated heterocycles. The van der Waals surface area contributed by atoms with Crippen LogP contribution in [0.2, 0.25) is 0 Å². The first-order valence-corrected chi connectivity index (χ1v) is 3.33. The lowest BCUT2D eigenvalue weighted by molar-refractivity contribution is -0.117. The molecule has 0 bridgehead atoms. The lowest BCUT2D eigenvalue weighted by Gasteiger charge is -2.19. The summed E-state index contributed by atoms with van der Waals surface area (Å²) in [6.07, 6.45) is 1.37. The summed E-state index contributed by atoms with van der Waals surface area (Å²) in [7, 11) is 1.69. The standard InChI is InChI=1S/C7H15NO2/c1-7(2,10)4-5-8(3)6-9/h6,10H,4-5H2,1-3H3. The van der Waals surface area contributed by atoms with Gasteiger partial charge in [-0.2, -0.15) is 0 Å². The first-order valence-electron chi connectivity index (χ1n) is 3.33. The van der Waals surface area contributed by atoms with Gasteiger partial charge in [-0.15, -0.1) is 0 Å². The van der Waals surface area contributed by atoms with Crippen LogP contribution in [0.1, 0.15) is 20.3 Å². The molecule has 0 spiro atoms. The molecule has 0 aromatic carbocycles. The lowest BCUT2D eigenvalue weighted by atomic mass is 10.1. The second kappa shape index (κ2) is 3.56. The predicted molar refractivity (Wildman–Crippen MR) is 39.6 cm³/mol. The minimum absolute atomic E-state index is 0.604. The molecule has 0 aliphatic carbocycles. The number of nitrogens with zero attached hydrogens (tertiary/aromatic N) is 1. The molecule has 3 nitrogen and oxygen atoms in total. The molecule has 0 aliphatic rings. The van der Waals surface area contributed by atoms with E-state index in [1.807, 2.05) is 0 Å². The fourth-order valence-corrected chi connectivity index (χ4v) is 0.503. The van der Waals surface area contributed by atoms with Crippen LogP contribution in [-0.2, 0) is 4.79 Å². The van der Waals surface area contributed by atoms with Crippen molar-refractivity contribution >= 4 is 6.41 Å². The molecule has 0 aromatic heterocycles. The maximum Gasteiger partial charge on any atom is 0.209 e. The van der Waals surface area contributed by atoms with Crippen molar-refractivity contribution in [2.75, 3.05) is 13.6 Å². The monoisotopic (exact) mass is 145 g/mol. The molecular formula is C7H15NO2. The molecule has 3 heteroatoms. The minimum atomic E-state index is -0.669. The third-order valence-corrected chi connectivity index (χ3v) is 1.26. The van der Waals surface area contributed by atoms with Crippen molar-refractivity contribution in [1.82, 2.24) is 4.90 Å². The third-order valence-electron chi connectivity index (χ3n) is 1.26. The summed E-state index contributed by atoms with van der Waals surface area (Å²) in [4.78, 5) is 11.6. The van der Waals surface area contributed by atoms with Gasteiger partial charge in [0.05, 0.1) is 5.60 Å². The number of hydrogen-bond acceptors (Lipinski definition) is 2. The van der Waals surface area contributed by atoms with Gasteiger partial charge in [-0.3, -0.25) is 4.79 Å². The average Bonchev–Trinajstić information content (AvgIpc) is 1.81. The van der Waals surface area contributed by atoms with Gasteiger partial charge in [0.25, 0.3) is 0 Å². The van der Waals surface area contributed by atoms with Crippen LogP contribution in [0.3, 0.4) is 0 Å². The van der Waals surface area contributed by atoms with E-state index in [9.17, 15) is 9.90 Å². The SMILES string of the molecule is CN(C=O)CCC(C)(C)O. The molecule has 60 valence electrons. The van der Waals surface area contributed by atoms with Crippen LogP contribution < -0.4 is 0 Å². The van der Waals surface area contributed by atoms with Gasteiger partial charge in [-0.25, -0.2) is 0 Å². The van der Waals surface area contributed by atoms with Crippen molar-refractivity contribution in [1.29, 1.82) is 0 Å². The van der Waals surface area contributed by atoms with Crippen molar-refractivity contribution in [2.24, 2.45) is 0 Å². The summed E-state index contributed by atoms with van der Waals surface area (Å²) < 4.78 is 0. The topological polar surface area (TPSA) is 40.5 Å². The second-order valence-corrected chi connectivity index (χ2v) is 3.15. The molecular weight excluding hydrogens is 130 g/mol. The van der Waals surface area contributed by atoms with Gasteiger partial charge in [0, 0.05) is 13.6 Å². The lowest BCUT2D eigenvalue weighted by Crippen LogP contribution is -2.27. The van der Waals surface area contributed by atoms with Crippen LogP contribution in [0.15, 0.2) is 0 Å². The smallest absolute Gasteiger partial charge is 0.209 e. The molecule has 10 heavy (non-hydrogen) atoms. The normalized spacial score (nSPS) is 11.2. The van der Waals surface area contributed by atoms with Gasteiger partial charge in [0.2, 0.25) is 6.41 Å². The van der Waals surface area contributed by atoms with E-state index in [0.717, 1.165) is 6.41 Å². The molecule has 0 fully saturated rings. The number of carbonyl (C=O) groups is 1. The molecule has 0 aliphatic heterocycles. The van der Waals surface area contributed by atoms with Crippen LogP contribution in [0.25, 0.3) is 0 Å². The highest BCUT2D eigenvalue weighted by atomic mass is 16.3. The third kappa shape index (κ3) is 5.56. The molecule has 1 N–H and O–H groups in total. The fraction of sp³-hybridized carbons (Fsp3) is 0.857. The van der Waals surface area contributed by atoms with Crippen LogP contribution in [-0.4, -0.2) is 35.6 Å². The number of amides is 1. The molecule has 0 aromatic rings. The first kappa shape index (κ1) is 9.43. The number of aliphatic hydroxyl groups is 1. The van der Waals surface area contributed by atoms with Crippen LogP contribution in [0, 0.1) is 0 Å². The summed E-state index contributed by atoms with van der Waals surface area (Å²) in [5, 5.41) is 9.22. The van der Waals surface area contributed by atoms with Crippen LogP contribution in [0.5, 0.6) is 0 Å². The largest absolute Gasteiger partial charge is 0.390 e. The maximum atomic E-state index is 10.1. The number of carbonyl (C=O) groups excluding carboxylic acids is 1. The Labute approximate surface area is 61.6 Å². The Morgan fingerprint density at radius 2 is 2.10 bits per heavy atom. The average molecular weight is 145 g/mol. The van der Waals surface area contributed by atoms with Gasteiger partial charge in [-0.05, 0) is 20.3 Å². The van der Waals surface area contributed by atoms with E-state index in [2.05, 4.69) is 0 Å². The van der Waals surface area contributed by atoms with Crippen molar-refractivity contribution in [3.05, 3.63) is 0 Å². The van der Waals surface area contributed by atoms with E-state index in [0.29, 0.717) is 13.0 Å². The predicted octanol–water partition coefficient (Wildman–Crippen LogP) is 0.236. The molecule has 0 saturated carbocycles. The zero-order chi connectivity index (χ0) is 8.20. The van der Waals surface area contributed by atoms with E-state index in [-0.39, 0.29) is 0 Å². The Bertz CT molecular complexity index is 107. The maximum absolute atomic E-state index is 10.1. The van der Waals surface area contributed by atoms with Crippen molar-refractivity contribution in [2.45, 2.75) is 25.9 Å². The highest BCUT2D eigenvalue weighted by Crippen LogP contribution is 2.06. The van der Waals surface area contributed by atoms with Gasteiger partial charge in [-0.1, -0.05) is 0 Å². The molecule has 0 rings (SSSR count). The minimum Gasteiger partial charge on any atom is -0.390 e. The van der Waals surface area contributed by atoms with Gasteiger partial charge < -0.3 is 10.0 Å². The quantitative estimate of drug-likeness (QED) is 0.575. The van der Waals surface area contributed by atoms with E-state index >= 15 is 0 Å². The van der Waals surface area contributed by atoms with Crippen molar-refractivity contribution in [3.63, 3.8) is 0 Å². The Morgan fingerprint density at radius 3 is 2.40 bits per heavy atom. The summed E-state index contributed by atoms with van der Waals surface area (Å²) in [5.74, 6) is 0. The second-order valence-electron chi connectivity index (χ2n) is 3.15. The Hall–Kier alpha value is -0.570. The first-order chi connectivity index (χ1) is 4.45. The van der Waals surface area contributed by atoms with Gasteiger partial charge in [0.1, 0.15) is 0 Å². The van der Waals surface area contributed by atoms with E-state index in [1.54, 1.807) is 20.9 Å². The fourth-order valence-electron chi connectivity index (χ4n) is 0.503. The summed E-state index contributed by atoms with van der Waals surface area (Å²) >= 11 is 0. The number of hydrogen-bond donors (Lipinski definition) is 1. The summed E-state index contributed by atoms with van der Waals surface area (Å²) in [6.45, 7) is 4.06. The van der Waals surface area contributed by atoms with E-state index < -0.39 is 5.60 Å². The van der Waals surface area contributed by atoms with E-state index in [4.69, 9.17) is 0 Å². The summed E-state index contributed by atoms with van der Waals surface area (Å²) in [6, 6.07) is 0. The van der Waals surface area contributed by atoms with E-state index in [1.165, 1.54) is 4.90 Å². The number of rotatable bonds is 4. The summed E-state index contributed by atoms with van der Waals surface area (Å²) in [5.41, 5.74) is -0.669. The van der Waals surface area contributed by atoms with Gasteiger partial charge in [0.15, 0.2) is 0 Å². The molecule has 1 amide bonds. The highest BCUT2D eigenvalue weighted by Gasteiger charge is 2.12. The highest BCUT2D eigenvalue weighted by molar-refractivity contribution is 5.46. The molecule has 0 atom stereocenters. The zero-order valence-corrected chi connectivity index (χ0v) is 6.79.